The Balaban J connectivity index is 1.21. The Bertz CT molecular complexity index is 1120. The highest BCUT2D eigenvalue weighted by atomic mass is 16.5. The molecule has 4 rings (SSSR count). The summed E-state index contributed by atoms with van der Waals surface area (Å²) in [6, 6.07) is 19.5. The maximum absolute atomic E-state index is 12.2. The molecule has 4 aromatic rings. The van der Waals surface area contributed by atoms with Crippen LogP contribution in [-0.2, 0) is 17.6 Å². The molecule has 0 spiro atoms. The molecule has 0 saturated carbocycles. The van der Waals surface area contributed by atoms with Crippen LogP contribution in [0.3, 0.4) is 0 Å². The molecule has 0 aliphatic rings. The molecule has 2 aromatic carbocycles. The Kier molecular flexibility index (Phi) is 6.42. The third-order valence-electron chi connectivity index (χ3n) is 4.86. The number of ether oxygens (including phenoxy) is 1. The Morgan fingerprint density at radius 1 is 1.06 bits per heavy atom. The van der Waals surface area contributed by atoms with E-state index in [-0.39, 0.29) is 5.91 Å². The lowest BCUT2D eigenvalue weighted by atomic mass is 10.2. The molecule has 0 fully saturated rings. The van der Waals surface area contributed by atoms with Gasteiger partial charge in [-0.2, -0.15) is 5.10 Å². The predicted octanol–water partition coefficient (Wildman–Crippen LogP) is 3.83. The summed E-state index contributed by atoms with van der Waals surface area (Å²) >= 11 is 0. The number of rotatable bonds is 9. The lowest BCUT2D eigenvalue weighted by molar-refractivity contribution is -0.121. The molecular weight excluding hydrogens is 392 g/mol. The number of carbonyl (C=O) groups excluding carboxylic acids is 1. The summed E-state index contributed by atoms with van der Waals surface area (Å²) in [6.45, 7) is 0.535. The normalized spacial score (nSPS) is 10.7. The van der Waals surface area contributed by atoms with Crippen molar-refractivity contribution in [3.63, 3.8) is 0 Å². The average molecular weight is 416 g/mol. The van der Waals surface area contributed by atoms with Gasteiger partial charge < -0.3 is 14.5 Å². The molecule has 0 bridgehead atoms. The number of hydrogen-bond acceptors (Lipinski definition) is 5. The van der Waals surface area contributed by atoms with E-state index in [0.29, 0.717) is 37.5 Å². The van der Waals surface area contributed by atoms with Crippen LogP contribution in [-0.4, -0.2) is 34.3 Å². The maximum atomic E-state index is 12.2. The first kappa shape index (κ1) is 20.4. The number of para-hydroxylation sites is 1. The molecule has 1 N–H and O–H groups in total. The fourth-order valence-electron chi connectivity index (χ4n) is 3.17. The van der Waals surface area contributed by atoms with Gasteiger partial charge in [-0.3, -0.25) is 4.79 Å². The van der Waals surface area contributed by atoms with E-state index in [1.54, 1.807) is 13.3 Å². The van der Waals surface area contributed by atoms with Gasteiger partial charge in [-0.25, -0.2) is 9.67 Å². The Labute approximate surface area is 180 Å². The van der Waals surface area contributed by atoms with E-state index < -0.39 is 0 Å². The zero-order chi connectivity index (χ0) is 21.5. The number of nitrogens with zero attached hydrogens (tertiary/aromatic N) is 3. The first-order chi connectivity index (χ1) is 15.2. The number of methoxy groups -OCH3 is 1. The van der Waals surface area contributed by atoms with Crippen molar-refractivity contribution < 1.29 is 13.9 Å². The van der Waals surface area contributed by atoms with E-state index in [4.69, 9.17) is 9.15 Å². The molecule has 1 amide bonds. The number of carbonyl (C=O) groups is 1. The number of aromatic nitrogens is 3. The second kappa shape index (κ2) is 9.75. The summed E-state index contributed by atoms with van der Waals surface area (Å²) in [5, 5.41) is 7.48. The van der Waals surface area contributed by atoms with Crippen LogP contribution in [0.4, 0.5) is 0 Å². The molecule has 31 heavy (non-hydrogen) atoms. The van der Waals surface area contributed by atoms with Gasteiger partial charge in [0.1, 0.15) is 5.75 Å². The van der Waals surface area contributed by atoms with Gasteiger partial charge in [-0.15, -0.1) is 0 Å². The Hall–Kier alpha value is -3.87. The Morgan fingerprint density at radius 3 is 2.65 bits per heavy atom. The van der Waals surface area contributed by atoms with E-state index in [0.717, 1.165) is 22.7 Å². The van der Waals surface area contributed by atoms with Gasteiger partial charge in [0.05, 0.1) is 24.7 Å². The van der Waals surface area contributed by atoms with Crippen LogP contribution in [0.25, 0.3) is 17.0 Å². The average Bonchev–Trinajstić information content (AvgIpc) is 3.48. The third-order valence-corrected chi connectivity index (χ3v) is 4.86. The maximum Gasteiger partial charge on any atom is 0.220 e. The second-order valence-corrected chi connectivity index (χ2v) is 7.03. The number of hydrogen-bond donors (Lipinski definition) is 1. The van der Waals surface area contributed by atoms with Gasteiger partial charge in [-0.05, 0) is 42.5 Å². The molecule has 2 heterocycles. The van der Waals surface area contributed by atoms with Crippen molar-refractivity contribution in [2.75, 3.05) is 13.7 Å². The van der Waals surface area contributed by atoms with Crippen molar-refractivity contribution >= 4 is 5.91 Å². The molecule has 158 valence electrons. The topological polar surface area (TPSA) is 82.2 Å². The number of oxazole rings is 1. The molecule has 7 heteroatoms. The van der Waals surface area contributed by atoms with E-state index in [1.165, 1.54) is 0 Å². The fourth-order valence-corrected chi connectivity index (χ4v) is 3.17. The highest BCUT2D eigenvalue weighted by Gasteiger charge is 2.09. The van der Waals surface area contributed by atoms with Crippen molar-refractivity contribution in [2.45, 2.75) is 19.3 Å². The van der Waals surface area contributed by atoms with Crippen LogP contribution >= 0.6 is 0 Å². The van der Waals surface area contributed by atoms with Gasteiger partial charge >= 0.3 is 0 Å². The summed E-state index contributed by atoms with van der Waals surface area (Å²) < 4.78 is 12.8. The Morgan fingerprint density at radius 2 is 1.87 bits per heavy atom. The van der Waals surface area contributed by atoms with Crippen molar-refractivity contribution in [2.24, 2.45) is 0 Å². The van der Waals surface area contributed by atoms with E-state index in [9.17, 15) is 4.79 Å². The SMILES string of the molecule is COc1ccc(-c2cnc(CCC(=O)NCCc3ccn(-c4ccccc4)n3)o2)cc1. The van der Waals surface area contributed by atoms with Crippen LogP contribution in [0.1, 0.15) is 18.0 Å². The molecule has 0 atom stereocenters. The number of aryl methyl sites for hydroxylation is 1. The predicted molar refractivity (Wildman–Crippen MR) is 117 cm³/mol. The number of amides is 1. The van der Waals surface area contributed by atoms with Gasteiger partial charge in [0, 0.05) is 37.6 Å². The third kappa shape index (κ3) is 5.39. The standard InChI is InChI=1S/C24H24N4O3/c1-30-21-9-7-18(8-10-21)22-17-26-24(31-22)12-11-23(29)25-15-13-19-14-16-28(27-19)20-5-3-2-4-6-20/h2-10,14,16-17H,11-13,15H2,1H3,(H,25,29). The molecule has 0 aliphatic heterocycles. The minimum absolute atomic E-state index is 0.0355. The highest BCUT2D eigenvalue weighted by Crippen LogP contribution is 2.23. The molecule has 0 unspecified atom stereocenters. The number of nitrogens with one attached hydrogen (secondary N) is 1. The summed E-state index contributed by atoms with van der Waals surface area (Å²) in [5.74, 6) is 1.97. The van der Waals surface area contributed by atoms with E-state index in [2.05, 4.69) is 15.4 Å². The molecule has 0 aliphatic carbocycles. The first-order valence-electron chi connectivity index (χ1n) is 10.2. The van der Waals surface area contributed by atoms with Crippen molar-refractivity contribution in [3.8, 4) is 22.8 Å². The fraction of sp³-hybridized carbons (Fsp3) is 0.208. The van der Waals surface area contributed by atoms with Crippen molar-refractivity contribution in [1.82, 2.24) is 20.1 Å². The van der Waals surface area contributed by atoms with Crippen LogP contribution in [0.5, 0.6) is 5.75 Å². The van der Waals surface area contributed by atoms with Gasteiger partial charge in [-0.1, -0.05) is 18.2 Å². The number of benzene rings is 2. The van der Waals surface area contributed by atoms with E-state index in [1.807, 2.05) is 71.5 Å². The lowest BCUT2D eigenvalue weighted by Crippen LogP contribution is -2.26. The van der Waals surface area contributed by atoms with Crippen LogP contribution in [0.15, 0.2) is 77.5 Å². The lowest BCUT2D eigenvalue weighted by Gasteiger charge is -2.03. The van der Waals surface area contributed by atoms with Gasteiger partial charge in [0.15, 0.2) is 11.7 Å². The molecule has 2 aromatic heterocycles. The van der Waals surface area contributed by atoms with Crippen LogP contribution in [0, 0.1) is 0 Å². The summed E-state index contributed by atoms with van der Waals surface area (Å²) in [7, 11) is 1.63. The zero-order valence-electron chi connectivity index (χ0n) is 17.3. The molecule has 0 radical (unpaired) electrons. The second-order valence-electron chi connectivity index (χ2n) is 7.03. The zero-order valence-corrected chi connectivity index (χ0v) is 17.3. The first-order valence-corrected chi connectivity index (χ1v) is 10.2. The minimum Gasteiger partial charge on any atom is -0.497 e. The van der Waals surface area contributed by atoms with Crippen molar-refractivity contribution in [1.29, 1.82) is 0 Å². The monoisotopic (exact) mass is 416 g/mol. The molecule has 7 nitrogen and oxygen atoms in total. The van der Waals surface area contributed by atoms with Crippen LogP contribution in [0.2, 0.25) is 0 Å². The van der Waals surface area contributed by atoms with E-state index >= 15 is 0 Å². The molecular formula is C24H24N4O3. The van der Waals surface area contributed by atoms with Gasteiger partial charge in [0.2, 0.25) is 5.91 Å². The van der Waals surface area contributed by atoms with Gasteiger partial charge in [0.25, 0.3) is 0 Å². The smallest absolute Gasteiger partial charge is 0.220 e. The largest absolute Gasteiger partial charge is 0.497 e. The quantitative estimate of drug-likeness (QED) is 0.448. The molecule has 0 saturated heterocycles. The van der Waals surface area contributed by atoms with Crippen molar-refractivity contribution in [3.05, 3.63) is 84.6 Å². The minimum atomic E-state index is -0.0355. The summed E-state index contributed by atoms with van der Waals surface area (Å²) in [4.78, 5) is 16.4. The summed E-state index contributed by atoms with van der Waals surface area (Å²) in [6.07, 6.45) is 5.05. The highest BCUT2D eigenvalue weighted by molar-refractivity contribution is 5.76. The summed E-state index contributed by atoms with van der Waals surface area (Å²) in [5.41, 5.74) is 2.86. The van der Waals surface area contributed by atoms with Crippen LogP contribution < -0.4 is 10.1 Å².